The van der Waals surface area contributed by atoms with Gasteiger partial charge in [-0.3, -0.25) is 0 Å². The second kappa shape index (κ2) is 5.55. The van der Waals surface area contributed by atoms with Crippen LogP contribution in [0.25, 0.3) is 0 Å². The molecule has 0 fully saturated rings. The highest BCUT2D eigenvalue weighted by molar-refractivity contribution is 4.77. The van der Waals surface area contributed by atoms with Crippen LogP contribution in [-0.2, 0) is 4.74 Å². The molecular weight excluding hydrogens is 150 g/mol. The molecule has 2 N–H and O–H groups in total. The van der Waals surface area contributed by atoms with Crippen LogP contribution in [0.1, 0.15) is 27.7 Å². The molecule has 0 spiro atoms. The highest BCUT2D eigenvalue weighted by Crippen LogP contribution is 2.19. The third-order valence-corrected chi connectivity index (χ3v) is 2.48. The van der Waals surface area contributed by atoms with Gasteiger partial charge in [0.15, 0.2) is 0 Å². The lowest BCUT2D eigenvalue weighted by Crippen LogP contribution is -2.40. The highest BCUT2D eigenvalue weighted by atomic mass is 16.5. The molecule has 2 nitrogen and oxygen atoms in total. The summed E-state index contributed by atoms with van der Waals surface area (Å²) in [4.78, 5) is 0. The van der Waals surface area contributed by atoms with Crippen LogP contribution in [0.5, 0.6) is 0 Å². The van der Waals surface area contributed by atoms with E-state index in [1.165, 1.54) is 0 Å². The van der Waals surface area contributed by atoms with Crippen LogP contribution in [0.15, 0.2) is 0 Å². The first kappa shape index (κ1) is 11.9. The Balaban J connectivity index is 4.09. The lowest BCUT2D eigenvalue weighted by atomic mass is 9.84. The molecule has 0 radical (unpaired) electrons. The van der Waals surface area contributed by atoms with Crippen molar-refractivity contribution in [3.05, 3.63) is 0 Å². The van der Waals surface area contributed by atoms with Crippen molar-refractivity contribution in [1.82, 2.24) is 0 Å². The summed E-state index contributed by atoms with van der Waals surface area (Å²) in [6.45, 7) is 9.50. The lowest BCUT2D eigenvalue weighted by Gasteiger charge is -2.29. The van der Waals surface area contributed by atoms with E-state index < -0.39 is 0 Å². The third-order valence-electron chi connectivity index (χ3n) is 2.48. The molecule has 2 unspecified atom stereocenters. The molecular formula is C10H23NO. The molecule has 0 rings (SSSR count). The van der Waals surface area contributed by atoms with Crippen LogP contribution in [0, 0.1) is 17.8 Å². The van der Waals surface area contributed by atoms with Gasteiger partial charge in [0.2, 0.25) is 0 Å². The second-order valence-electron chi connectivity index (χ2n) is 4.18. The first-order valence-electron chi connectivity index (χ1n) is 4.75. The predicted octanol–water partition coefficient (Wildman–Crippen LogP) is 1.89. The van der Waals surface area contributed by atoms with Gasteiger partial charge in [-0.25, -0.2) is 0 Å². The van der Waals surface area contributed by atoms with Gasteiger partial charge >= 0.3 is 0 Å². The monoisotopic (exact) mass is 173 g/mol. The molecule has 74 valence electrons. The Kier molecular flexibility index (Phi) is 5.51. The van der Waals surface area contributed by atoms with E-state index in [4.69, 9.17) is 10.5 Å². The largest absolute Gasteiger partial charge is 0.384 e. The Morgan fingerprint density at radius 2 is 1.58 bits per heavy atom. The standard InChI is InChI=1S/C10H23NO/c1-7(2)9(6-12-5)10(11)8(3)4/h7-10H,6,11H2,1-5H3. The summed E-state index contributed by atoms with van der Waals surface area (Å²) in [5, 5.41) is 0. The van der Waals surface area contributed by atoms with Crippen molar-refractivity contribution in [3.63, 3.8) is 0 Å². The molecule has 0 saturated carbocycles. The third kappa shape index (κ3) is 3.55. The summed E-state index contributed by atoms with van der Waals surface area (Å²) in [7, 11) is 1.74. The van der Waals surface area contributed by atoms with Crippen molar-refractivity contribution in [1.29, 1.82) is 0 Å². The van der Waals surface area contributed by atoms with Crippen molar-refractivity contribution in [2.24, 2.45) is 23.5 Å². The van der Waals surface area contributed by atoms with Gasteiger partial charge in [-0.2, -0.15) is 0 Å². The average Bonchev–Trinajstić information content (AvgIpc) is 1.98. The van der Waals surface area contributed by atoms with Gasteiger partial charge < -0.3 is 10.5 Å². The summed E-state index contributed by atoms with van der Waals surface area (Å²) in [6.07, 6.45) is 0. The second-order valence-corrected chi connectivity index (χ2v) is 4.18. The van der Waals surface area contributed by atoms with Crippen molar-refractivity contribution in [3.8, 4) is 0 Å². The molecule has 0 aromatic carbocycles. The zero-order valence-electron chi connectivity index (χ0n) is 9.00. The van der Waals surface area contributed by atoms with Gasteiger partial charge in [-0.15, -0.1) is 0 Å². The molecule has 12 heavy (non-hydrogen) atoms. The Bertz CT molecular complexity index is 112. The fourth-order valence-corrected chi connectivity index (χ4v) is 1.43. The molecule has 0 aliphatic carbocycles. The minimum absolute atomic E-state index is 0.255. The van der Waals surface area contributed by atoms with Gasteiger partial charge in [0.1, 0.15) is 0 Å². The molecule has 0 aliphatic heterocycles. The van der Waals surface area contributed by atoms with Gasteiger partial charge in [-0.05, 0) is 17.8 Å². The number of methoxy groups -OCH3 is 1. The number of nitrogens with two attached hydrogens (primary N) is 1. The van der Waals surface area contributed by atoms with Gasteiger partial charge in [0.25, 0.3) is 0 Å². The molecule has 0 saturated heterocycles. The SMILES string of the molecule is COCC(C(C)C)C(N)C(C)C. The molecule has 0 aromatic rings. The van der Waals surface area contributed by atoms with E-state index in [9.17, 15) is 0 Å². The van der Waals surface area contributed by atoms with Crippen molar-refractivity contribution in [2.75, 3.05) is 13.7 Å². The van der Waals surface area contributed by atoms with Crippen LogP contribution >= 0.6 is 0 Å². The maximum atomic E-state index is 6.07. The maximum absolute atomic E-state index is 6.07. The van der Waals surface area contributed by atoms with E-state index in [2.05, 4.69) is 27.7 Å². The first-order chi connectivity index (χ1) is 5.50. The Hall–Kier alpha value is -0.0800. The predicted molar refractivity (Wildman–Crippen MR) is 53.0 cm³/mol. The molecule has 0 aliphatic rings. The van der Waals surface area contributed by atoms with E-state index in [0.717, 1.165) is 6.61 Å². The number of hydrogen-bond donors (Lipinski definition) is 1. The van der Waals surface area contributed by atoms with Crippen molar-refractivity contribution >= 4 is 0 Å². The quantitative estimate of drug-likeness (QED) is 0.689. The van der Waals surface area contributed by atoms with Crippen LogP contribution in [0.3, 0.4) is 0 Å². The number of hydrogen-bond acceptors (Lipinski definition) is 2. The maximum Gasteiger partial charge on any atom is 0.0507 e. The lowest BCUT2D eigenvalue weighted by molar-refractivity contribution is 0.102. The normalized spacial score (nSPS) is 17.0. The van der Waals surface area contributed by atoms with E-state index in [1.807, 2.05) is 0 Å². The number of ether oxygens (including phenoxy) is 1. The zero-order chi connectivity index (χ0) is 9.72. The van der Waals surface area contributed by atoms with Gasteiger partial charge in [0.05, 0.1) is 6.61 Å². The summed E-state index contributed by atoms with van der Waals surface area (Å²) < 4.78 is 5.16. The topological polar surface area (TPSA) is 35.2 Å². The minimum Gasteiger partial charge on any atom is -0.384 e. The Morgan fingerprint density at radius 3 is 1.83 bits per heavy atom. The molecule has 2 heteroatoms. The highest BCUT2D eigenvalue weighted by Gasteiger charge is 2.23. The molecule has 0 heterocycles. The molecule has 2 atom stereocenters. The molecule has 0 amide bonds. The van der Waals surface area contributed by atoms with Crippen LogP contribution in [0.2, 0.25) is 0 Å². The smallest absolute Gasteiger partial charge is 0.0507 e. The Morgan fingerprint density at radius 1 is 1.08 bits per heavy atom. The number of rotatable bonds is 5. The van der Waals surface area contributed by atoms with Gasteiger partial charge in [0, 0.05) is 13.2 Å². The van der Waals surface area contributed by atoms with E-state index in [0.29, 0.717) is 17.8 Å². The van der Waals surface area contributed by atoms with Crippen LogP contribution in [0.4, 0.5) is 0 Å². The van der Waals surface area contributed by atoms with Crippen LogP contribution in [-0.4, -0.2) is 19.8 Å². The fraction of sp³-hybridized carbons (Fsp3) is 1.00. The van der Waals surface area contributed by atoms with E-state index >= 15 is 0 Å². The average molecular weight is 173 g/mol. The van der Waals surface area contributed by atoms with E-state index in [1.54, 1.807) is 7.11 Å². The minimum atomic E-state index is 0.255. The summed E-state index contributed by atoms with van der Waals surface area (Å²) in [6, 6.07) is 0.255. The van der Waals surface area contributed by atoms with E-state index in [-0.39, 0.29) is 6.04 Å². The summed E-state index contributed by atoms with van der Waals surface area (Å²) in [5.41, 5.74) is 6.07. The van der Waals surface area contributed by atoms with Crippen molar-refractivity contribution < 1.29 is 4.74 Å². The van der Waals surface area contributed by atoms with Gasteiger partial charge in [-0.1, -0.05) is 27.7 Å². The molecule has 0 bridgehead atoms. The first-order valence-corrected chi connectivity index (χ1v) is 4.75. The summed E-state index contributed by atoms with van der Waals surface area (Å²) in [5.74, 6) is 1.62. The molecule has 0 aromatic heterocycles. The van der Waals surface area contributed by atoms with Crippen LogP contribution < -0.4 is 5.73 Å². The van der Waals surface area contributed by atoms with Crippen molar-refractivity contribution in [2.45, 2.75) is 33.7 Å². The zero-order valence-corrected chi connectivity index (χ0v) is 9.00. The fourth-order valence-electron chi connectivity index (χ4n) is 1.43. The Labute approximate surface area is 76.5 Å². The summed E-state index contributed by atoms with van der Waals surface area (Å²) >= 11 is 0.